The molecule has 1 aromatic carbocycles. The quantitative estimate of drug-likeness (QED) is 0.865. The normalized spacial score (nSPS) is 10.7. The van der Waals surface area contributed by atoms with E-state index in [1.807, 2.05) is 29.8 Å². The number of halogens is 2. The van der Waals surface area contributed by atoms with Gasteiger partial charge < -0.3 is 5.73 Å². The highest BCUT2D eigenvalue weighted by Crippen LogP contribution is 2.20. The van der Waals surface area contributed by atoms with Crippen molar-refractivity contribution < 1.29 is 0 Å². The van der Waals surface area contributed by atoms with E-state index < -0.39 is 0 Å². The highest BCUT2D eigenvalue weighted by molar-refractivity contribution is 9.10. The molecule has 0 unspecified atom stereocenters. The van der Waals surface area contributed by atoms with Crippen molar-refractivity contribution >= 4 is 33.2 Å². The van der Waals surface area contributed by atoms with Crippen molar-refractivity contribution in [2.75, 3.05) is 5.73 Å². The van der Waals surface area contributed by atoms with Crippen molar-refractivity contribution in [2.45, 2.75) is 13.5 Å². The summed E-state index contributed by atoms with van der Waals surface area (Å²) in [6.45, 7) is 2.61. The van der Waals surface area contributed by atoms with Crippen LogP contribution in [0.5, 0.6) is 0 Å². The average molecular weight is 301 g/mol. The van der Waals surface area contributed by atoms with Crippen LogP contribution < -0.4 is 5.73 Å². The molecular formula is C11H11BrClN3. The molecule has 0 radical (unpaired) electrons. The first-order chi connectivity index (χ1) is 7.56. The number of rotatable bonds is 2. The molecule has 5 heteroatoms. The van der Waals surface area contributed by atoms with Crippen LogP contribution in [0, 0.1) is 6.92 Å². The van der Waals surface area contributed by atoms with Gasteiger partial charge >= 0.3 is 0 Å². The summed E-state index contributed by atoms with van der Waals surface area (Å²) in [5, 5.41) is 4.88. The lowest BCUT2D eigenvalue weighted by Crippen LogP contribution is -2.04. The Hall–Kier alpha value is -1.00. The first kappa shape index (κ1) is 11.5. The summed E-state index contributed by atoms with van der Waals surface area (Å²) < 4.78 is 2.82. The van der Waals surface area contributed by atoms with Crippen molar-refractivity contribution in [1.29, 1.82) is 0 Å². The van der Waals surface area contributed by atoms with Gasteiger partial charge in [0.25, 0.3) is 0 Å². The van der Waals surface area contributed by atoms with E-state index in [0.29, 0.717) is 11.6 Å². The number of nitrogen functional groups attached to an aromatic ring is 1. The summed E-state index contributed by atoms with van der Waals surface area (Å²) in [6, 6.07) is 5.82. The molecule has 0 bridgehead atoms. The van der Waals surface area contributed by atoms with Gasteiger partial charge in [-0.15, -0.1) is 0 Å². The Kier molecular flexibility index (Phi) is 3.21. The second-order valence-corrected chi connectivity index (χ2v) is 4.95. The highest BCUT2D eigenvalue weighted by Gasteiger charge is 2.05. The maximum Gasteiger partial charge on any atom is 0.0815 e. The van der Waals surface area contributed by atoms with Crippen molar-refractivity contribution in [1.82, 2.24) is 9.78 Å². The zero-order chi connectivity index (χ0) is 11.7. The van der Waals surface area contributed by atoms with Crippen LogP contribution in [0.15, 0.2) is 28.9 Å². The van der Waals surface area contributed by atoms with Crippen LogP contribution in [-0.2, 0) is 6.54 Å². The molecule has 84 valence electrons. The first-order valence-electron chi connectivity index (χ1n) is 4.79. The topological polar surface area (TPSA) is 43.8 Å². The average Bonchev–Trinajstić information content (AvgIpc) is 2.48. The zero-order valence-corrected chi connectivity index (χ0v) is 11.1. The Labute approximate surface area is 107 Å². The van der Waals surface area contributed by atoms with Crippen LogP contribution in [0.3, 0.4) is 0 Å². The Morgan fingerprint density at radius 3 is 2.75 bits per heavy atom. The lowest BCUT2D eigenvalue weighted by Gasteiger charge is -2.06. The maximum atomic E-state index is 5.94. The number of benzene rings is 1. The molecule has 0 saturated carbocycles. The summed E-state index contributed by atoms with van der Waals surface area (Å²) in [7, 11) is 0. The minimum Gasteiger partial charge on any atom is -0.399 e. The Bertz CT molecular complexity index is 502. The standard InChI is InChI=1S/C11H11BrClN3/c1-7-11(13)5-15-16(7)6-8-2-9(12)4-10(14)3-8/h2-5H,6,14H2,1H3. The maximum absolute atomic E-state index is 5.94. The van der Waals surface area contributed by atoms with Crippen LogP contribution in [-0.4, -0.2) is 9.78 Å². The number of anilines is 1. The molecule has 0 aliphatic carbocycles. The van der Waals surface area contributed by atoms with Crippen molar-refractivity contribution in [3.63, 3.8) is 0 Å². The van der Waals surface area contributed by atoms with Gasteiger partial charge in [0.05, 0.1) is 23.5 Å². The van der Waals surface area contributed by atoms with E-state index in [9.17, 15) is 0 Å². The fourth-order valence-corrected chi connectivity index (χ4v) is 2.22. The molecule has 1 heterocycles. The predicted octanol–water partition coefficient (Wildman–Crippen LogP) is 3.24. The van der Waals surface area contributed by atoms with Gasteiger partial charge in [-0.05, 0) is 30.7 Å². The van der Waals surface area contributed by atoms with Crippen molar-refractivity contribution in [2.24, 2.45) is 0 Å². The summed E-state index contributed by atoms with van der Waals surface area (Å²) in [4.78, 5) is 0. The SMILES string of the molecule is Cc1c(Cl)cnn1Cc1cc(N)cc(Br)c1. The molecule has 0 spiro atoms. The Morgan fingerprint density at radius 2 is 2.19 bits per heavy atom. The fourth-order valence-electron chi connectivity index (χ4n) is 1.52. The molecule has 2 N–H and O–H groups in total. The molecule has 0 fully saturated rings. The monoisotopic (exact) mass is 299 g/mol. The molecule has 0 atom stereocenters. The fraction of sp³-hybridized carbons (Fsp3) is 0.182. The smallest absolute Gasteiger partial charge is 0.0815 e. The van der Waals surface area contributed by atoms with E-state index in [1.54, 1.807) is 6.20 Å². The van der Waals surface area contributed by atoms with Gasteiger partial charge in [0.2, 0.25) is 0 Å². The summed E-state index contributed by atoms with van der Waals surface area (Å²) in [6.07, 6.45) is 1.65. The van der Waals surface area contributed by atoms with Gasteiger partial charge in [0, 0.05) is 10.2 Å². The molecule has 1 aromatic heterocycles. The summed E-state index contributed by atoms with van der Waals surface area (Å²) >= 11 is 9.36. The lowest BCUT2D eigenvalue weighted by atomic mass is 10.2. The molecule has 16 heavy (non-hydrogen) atoms. The number of nitrogens with zero attached hydrogens (tertiary/aromatic N) is 2. The van der Waals surface area contributed by atoms with Crippen LogP contribution in [0.1, 0.15) is 11.3 Å². The van der Waals surface area contributed by atoms with Gasteiger partial charge in [-0.25, -0.2) is 0 Å². The second-order valence-electron chi connectivity index (χ2n) is 3.63. The third-order valence-corrected chi connectivity index (χ3v) is 3.18. The third kappa shape index (κ3) is 2.39. The van der Waals surface area contributed by atoms with E-state index in [4.69, 9.17) is 17.3 Å². The first-order valence-corrected chi connectivity index (χ1v) is 5.96. The van der Waals surface area contributed by atoms with E-state index in [-0.39, 0.29) is 0 Å². The third-order valence-electron chi connectivity index (χ3n) is 2.36. The molecule has 2 rings (SSSR count). The van der Waals surface area contributed by atoms with Gasteiger partial charge in [0.1, 0.15) is 0 Å². The van der Waals surface area contributed by atoms with E-state index >= 15 is 0 Å². The number of hydrogen-bond acceptors (Lipinski definition) is 2. The molecule has 2 aromatic rings. The highest BCUT2D eigenvalue weighted by atomic mass is 79.9. The van der Waals surface area contributed by atoms with Crippen LogP contribution in [0.2, 0.25) is 5.02 Å². The van der Waals surface area contributed by atoms with Crippen molar-refractivity contribution in [3.8, 4) is 0 Å². The van der Waals surface area contributed by atoms with E-state index in [0.717, 1.165) is 21.4 Å². The van der Waals surface area contributed by atoms with E-state index in [1.165, 1.54) is 0 Å². The molecule has 3 nitrogen and oxygen atoms in total. The zero-order valence-electron chi connectivity index (χ0n) is 8.74. The number of hydrogen-bond donors (Lipinski definition) is 1. The molecule has 0 saturated heterocycles. The van der Waals surface area contributed by atoms with Crippen LogP contribution >= 0.6 is 27.5 Å². The van der Waals surface area contributed by atoms with Gasteiger partial charge in [0.15, 0.2) is 0 Å². The van der Waals surface area contributed by atoms with Crippen LogP contribution in [0.25, 0.3) is 0 Å². The van der Waals surface area contributed by atoms with Crippen LogP contribution in [0.4, 0.5) is 5.69 Å². The number of aromatic nitrogens is 2. The molecule has 0 amide bonds. The second kappa shape index (κ2) is 4.47. The minimum atomic E-state index is 0.669. The number of nitrogens with two attached hydrogens (primary N) is 1. The predicted molar refractivity (Wildman–Crippen MR) is 69.6 cm³/mol. The van der Waals surface area contributed by atoms with Crippen molar-refractivity contribution in [3.05, 3.63) is 45.1 Å². The summed E-state index contributed by atoms with van der Waals surface area (Å²) in [5.41, 5.74) is 8.56. The Morgan fingerprint density at radius 1 is 1.44 bits per heavy atom. The van der Waals surface area contributed by atoms with Gasteiger partial charge in [-0.2, -0.15) is 5.10 Å². The Balaban J connectivity index is 2.30. The van der Waals surface area contributed by atoms with Gasteiger partial charge in [-0.3, -0.25) is 4.68 Å². The minimum absolute atomic E-state index is 0.669. The summed E-state index contributed by atoms with van der Waals surface area (Å²) in [5.74, 6) is 0. The van der Waals surface area contributed by atoms with E-state index in [2.05, 4.69) is 21.0 Å². The largest absolute Gasteiger partial charge is 0.399 e. The molecule has 0 aliphatic rings. The van der Waals surface area contributed by atoms with Gasteiger partial charge in [-0.1, -0.05) is 27.5 Å². The lowest BCUT2D eigenvalue weighted by molar-refractivity contribution is 0.665. The molecular weight excluding hydrogens is 289 g/mol. The molecule has 0 aliphatic heterocycles.